The van der Waals surface area contributed by atoms with Gasteiger partial charge >= 0.3 is 0 Å². The molecule has 5 nitrogen and oxygen atoms in total. The summed E-state index contributed by atoms with van der Waals surface area (Å²) in [4.78, 5) is 18.1. The van der Waals surface area contributed by atoms with Crippen molar-refractivity contribution in [2.75, 3.05) is 24.4 Å². The molecule has 188 valence electrons. The zero-order valence-electron chi connectivity index (χ0n) is 20.6. The molecule has 3 N–H and O–H groups in total. The molecule has 0 bridgehead atoms. The largest absolute Gasteiger partial charge is 0.497 e. The van der Waals surface area contributed by atoms with Crippen molar-refractivity contribution < 1.29 is 13.9 Å². The molecule has 1 unspecified atom stereocenters. The molecule has 0 aliphatic carbocycles. The summed E-state index contributed by atoms with van der Waals surface area (Å²) in [7, 11) is 1.61. The molecule has 1 aromatic heterocycles. The van der Waals surface area contributed by atoms with Crippen LogP contribution in [0.15, 0.2) is 66.5 Å². The number of carbonyl (C=O) groups is 1. The second-order valence-corrected chi connectivity index (χ2v) is 9.52. The van der Waals surface area contributed by atoms with Gasteiger partial charge in [0.1, 0.15) is 17.6 Å². The van der Waals surface area contributed by atoms with Gasteiger partial charge in [0.05, 0.1) is 12.8 Å². The molecular weight excluding hydrogens is 493 g/mol. The number of hydrogen-bond acceptors (Lipinski definition) is 7. The Hall–Kier alpha value is -3.23. The number of methoxy groups -OCH3 is 1. The number of pyridine rings is 1. The summed E-state index contributed by atoms with van der Waals surface area (Å²) in [6, 6.07) is 14.5. The molecule has 0 saturated carbocycles. The lowest BCUT2D eigenvalue weighted by Gasteiger charge is -2.21. The van der Waals surface area contributed by atoms with E-state index in [1.165, 1.54) is 17.5 Å². The average Bonchev–Trinajstić information content (AvgIpc) is 2.88. The van der Waals surface area contributed by atoms with Crippen LogP contribution in [0.3, 0.4) is 0 Å². The van der Waals surface area contributed by atoms with E-state index in [1.807, 2.05) is 37.3 Å². The molecule has 0 saturated heterocycles. The van der Waals surface area contributed by atoms with Crippen LogP contribution in [0.4, 0.5) is 10.1 Å². The van der Waals surface area contributed by atoms with E-state index in [4.69, 9.17) is 22.7 Å². The van der Waals surface area contributed by atoms with Gasteiger partial charge in [0.25, 0.3) is 0 Å². The Morgan fingerprint density at radius 3 is 2.69 bits per heavy atom. The fourth-order valence-corrected chi connectivity index (χ4v) is 4.47. The number of anilines is 1. The minimum Gasteiger partial charge on any atom is -0.497 e. The Morgan fingerprint density at radius 1 is 1.25 bits per heavy atom. The summed E-state index contributed by atoms with van der Waals surface area (Å²) >= 11 is 6.96. The van der Waals surface area contributed by atoms with Crippen LogP contribution in [0.5, 0.6) is 5.75 Å². The van der Waals surface area contributed by atoms with E-state index < -0.39 is 17.6 Å². The number of rotatable bonds is 12. The monoisotopic (exact) mass is 523 g/mol. The highest BCUT2D eigenvalue weighted by atomic mass is 32.2. The number of Topliss-reactive ketones (excluding diaryl/α,β-unsaturated/α-hetero) is 1. The Labute approximate surface area is 221 Å². The normalized spacial score (nSPS) is 12.4. The van der Waals surface area contributed by atoms with Crippen LogP contribution in [-0.2, 0) is 11.2 Å². The van der Waals surface area contributed by atoms with Gasteiger partial charge in [-0.1, -0.05) is 30.4 Å². The molecule has 0 aliphatic heterocycles. The second-order valence-electron chi connectivity index (χ2n) is 8.30. The minimum absolute atomic E-state index is 0.0586. The maximum Gasteiger partial charge on any atom is 0.205 e. The number of aryl methyl sites for hydroxylation is 2. The minimum atomic E-state index is -0.845. The van der Waals surface area contributed by atoms with E-state index in [-0.39, 0.29) is 5.70 Å². The molecule has 8 heteroatoms. The summed E-state index contributed by atoms with van der Waals surface area (Å²) in [6.07, 6.45) is 5.64. The Kier molecular flexibility index (Phi) is 10.0. The summed E-state index contributed by atoms with van der Waals surface area (Å²) in [5, 5.41) is 4.64. The molecule has 2 aromatic carbocycles. The van der Waals surface area contributed by atoms with E-state index in [0.29, 0.717) is 22.4 Å². The van der Waals surface area contributed by atoms with Crippen LogP contribution < -0.4 is 15.8 Å². The van der Waals surface area contributed by atoms with Gasteiger partial charge < -0.3 is 15.8 Å². The van der Waals surface area contributed by atoms with Crippen LogP contribution in [0.25, 0.3) is 5.57 Å². The Bertz CT molecular complexity index is 1250. The first-order chi connectivity index (χ1) is 17.4. The predicted molar refractivity (Wildman–Crippen MR) is 151 cm³/mol. The number of halogens is 1. The van der Waals surface area contributed by atoms with Crippen LogP contribution in [0.1, 0.15) is 34.8 Å². The number of ether oxygens (including phenoxy) is 1. The van der Waals surface area contributed by atoms with Crippen molar-refractivity contribution in [2.45, 2.75) is 25.8 Å². The van der Waals surface area contributed by atoms with E-state index in [0.717, 1.165) is 35.5 Å². The lowest BCUT2D eigenvalue weighted by molar-refractivity contribution is -0.116. The van der Waals surface area contributed by atoms with Gasteiger partial charge in [-0.3, -0.25) is 9.78 Å². The standard InChI is InChI=1S/C28H30FN3O2S2/c1-18-9-10-21(16-31-18)27(28(33)26(30)25(17-35)20-7-4-8-22(29)14-20)32-23-12-19(6-5-11-36-3)13-24(15-23)34-2/h4,7-10,12-17,27,32H,5-6,11,30H2,1-3H3. The lowest BCUT2D eigenvalue weighted by atomic mass is 9.96. The number of allylic oxidation sites excluding steroid dienone is 1. The van der Waals surface area contributed by atoms with Gasteiger partial charge in [0, 0.05) is 40.1 Å². The van der Waals surface area contributed by atoms with Gasteiger partial charge in [-0.25, -0.2) is 4.39 Å². The molecular formula is C28H30FN3O2S2. The molecule has 0 radical (unpaired) electrons. The van der Waals surface area contributed by atoms with Crippen LogP contribution in [-0.4, -0.2) is 35.3 Å². The van der Waals surface area contributed by atoms with Gasteiger partial charge in [-0.05, 0) is 73.2 Å². The topological polar surface area (TPSA) is 77.2 Å². The molecule has 36 heavy (non-hydrogen) atoms. The summed E-state index contributed by atoms with van der Waals surface area (Å²) in [5.74, 6) is 0.908. The average molecular weight is 524 g/mol. The third kappa shape index (κ3) is 7.15. The molecule has 3 rings (SSSR count). The van der Waals surface area contributed by atoms with Gasteiger partial charge in [0.15, 0.2) is 0 Å². The third-order valence-electron chi connectivity index (χ3n) is 5.67. The van der Waals surface area contributed by atoms with Crippen molar-refractivity contribution in [3.63, 3.8) is 0 Å². The first kappa shape index (κ1) is 27.4. The summed E-state index contributed by atoms with van der Waals surface area (Å²) in [5.41, 5.74) is 10.3. The van der Waals surface area contributed by atoms with Crippen molar-refractivity contribution in [1.29, 1.82) is 0 Å². The fourth-order valence-electron chi connectivity index (χ4n) is 3.78. The maximum atomic E-state index is 13.9. The number of nitrogens with one attached hydrogen (secondary N) is 1. The third-order valence-corrected chi connectivity index (χ3v) is 6.60. The van der Waals surface area contributed by atoms with Crippen molar-refractivity contribution in [2.24, 2.45) is 5.73 Å². The van der Waals surface area contributed by atoms with Crippen LogP contribution in [0, 0.1) is 12.7 Å². The lowest BCUT2D eigenvalue weighted by Crippen LogP contribution is -2.27. The number of nitrogens with two attached hydrogens (primary N) is 1. The smallest absolute Gasteiger partial charge is 0.205 e. The number of thioether (sulfide) groups is 1. The second kappa shape index (κ2) is 13.2. The van der Waals surface area contributed by atoms with Crippen LogP contribution in [0.2, 0.25) is 0 Å². The quantitative estimate of drug-likeness (QED) is 0.173. The summed E-state index contributed by atoms with van der Waals surface area (Å²) in [6.45, 7) is 1.87. The van der Waals surface area contributed by atoms with Crippen LogP contribution >= 0.6 is 24.0 Å². The van der Waals surface area contributed by atoms with E-state index >= 15 is 0 Å². The van der Waals surface area contributed by atoms with Gasteiger partial charge in [0.2, 0.25) is 5.78 Å². The maximum absolute atomic E-state index is 13.9. The molecule has 1 atom stereocenters. The molecule has 0 fully saturated rings. The first-order valence-electron chi connectivity index (χ1n) is 11.5. The number of aromatic nitrogens is 1. The number of benzene rings is 2. The number of carbonyl (C=O) groups excluding carboxylic acids is 1. The Balaban J connectivity index is 2.03. The number of hydrogen-bond donors (Lipinski definition) is 2. The zero-order valence-corrected chi connectivity index (χ0v) is 22.2. The van der Waals surface area contributed by atoms with Crippen molar-refractivity contribution in [1.82, 2.24) is 4.98 Å². The number of ketones is 1. The zero-order chi connectivity index (χ0) is 26.1. The van der Waals surface area contributed by atoms with Crippen molar-refractivity contribution in [3.8, 4) is 5.75 Å². The number of thiocarbonyl (C=S) groups is 1. The molecule has 3 aromatic rings. The highest BCUT2D eigenvalue weighted by molar-refractivity contribution is 7.98. The number of nitrogens with zero attached hydrogens (tertiary/aromatic N) is 1. The Morgan fingerprint density at radius 2 is 2.06 bits per heavy atom. The van der Waals surface area contributed by atoms with Crippen molar-refractivity contribution >= 4 is 46.4 Å². The van der Waals surface area contributed by atoms with E-state index in [2.05, 4.69) is 16.6 Å². The highest BCUT2D eigenvalue weighted by Crippen LogP contribution is 2.29. The SMILES string of the molecule is COc1cc(CCCSC)cc(NC(C(=O)C(N)=C(C=S)c2cccc(F)c2)c2ccc(C)nc2)c1. The molecule has 1 heterocycles. The van der Waals surface area contributed by atoms with Gasteiger partial charge in [-0.15, -0.1) is 0 Å². The highest BCUT2D eigenvalue weighted by Gasteiger charge is 2.26. The first-order valence-corrected chi connectivity index (χ1v) is 13.3. The molecule has 0 spiro atoms. The van der Waals surface area contributed by atoms with Crippen molar-refractivity contribution in [3.05, 3.63) is 94.7 Å². The predicted octanol–water partition coefficient (Wildman–Crippen LogP) is 5.93. The molecule has 0 aliphatic rings. The van der Waals surface area contributed by atoms with E-state index in [1.54, 1.807) is 37.2 Å². The van der Waals surface area contributed by atoms with Gasteiger partial charge in [-0.2, -0.15) is 11.8 Å². The van der Waals surface area contributed by atoms with E-state index in [9.17, 15) is 9.18 Å². The molecule has 0 amide bonds. The fraction of sp³-hybridized carbons (Fsp3) is 0.250. The summed E-state index contributed by atoms with van der Waals surface area (Å²) < 4.78 is 19.4.